The van der Waals surface area contributed by atoms with Gasteiger partial charge in [0.25, 0.3) is 12.3 Å². The van der Waals surface area contributed by atoms with E-state index in [1.165, 1.54) is 37.4 Å². The first-order valence-corrected chi connectivity index (χ1v) is 8.64. The lowest BCUT2D eigenvalue weighted by atomic mass is 10.1. The molecule has 3 aromatic rings. The van der Waals surface area contributed by atoms with Crippen molar-refractivity contribution in [2.75, 3.05) is 5.32 Å². The Hall–Kier alpha value is -3.34. The topological polar surface area (TPSA) is 86.5 Å². The smallest absolute Gasteiger partial charge is 0.395 e. The number of nitrogens with one attached hydrogen (secondary N) is 1. The minimum Gasteiger partial charge on any atom is -0.395 e. The lowest BCUT2D eigenvalue weighted by Crippen LogP contribution is -2.25. The first kappa shape index (κ1) is 20.0. The van der Waals surface area contributed by atoms with Gasteiger partial charge in [0.15, 0.2) is 11.5 Å². The molecular weight excluding hydrogens is 434 g/mol. The highest BCUT2D eigenvalue weighted by atomic mass is 35.5. The van der Waals surface area contributed by atoms with Gasteiger partial charge in [-0.15, -0.1) is 8.78 Å². The van der Waals surface area contributed by atoms with Crippen molar-refractivity contribution in [2.45, 2.75) is 19.6 Å². The molecule has 0 radical (unpaired) electrons. The van der Waals surface area contributed by atoms with Gasteiger partial charge in [-0.05, 0) is 25.1 Å². The first-order chi connectivity index (χ1) is 14.1. The maximum Gasteiger partial charge on any atom is 0.586 e. The number of anilines is 1. The molecule has 156 valence electrons. The average Bonchev–Trinajstić information content (AvgIpc) is 3.19. The number of carbonyl (C=O) groups excluding carboxylic acids is 1. The van der Waals surface area contributed by atoms with Gasteiger partial charge in [-0.25, -0.2) is 13.8 Å². The number of aryl methyl sites for hydroxylation is 1. The van der Waals surface area contributed by atoms with Gasteiger partial charge in [0.1, 0.15) is 11.4 Å². The van der Waals surface area contributed by atoms with Crippen LogP contribution < -0.4 is 14.8 Å². The summed E-state index contributed by atoms with van der Waals surface area (Å²) in [6, 6.07) is 5.33. The zero-order valence-electron chi connectivity index (χ0n) is 14.9. The largest absolute Gasteiger partial charge is 0.586 e. The lowest BCUT2D eigenvalue weighted by molar-refractivity contribution is -0.286. The van der Waals surface area contributed by atoms with Crippen molar-refractivity contribution in [1.29, 1.82) is 0 Å². The highest BCUT2D eigenvalue weighted by Gasteiger charge is 2.43. The van der Waals surface area contributed by atoms with Crippen LogP contribution in [0, 0.1) is 6.92 Å². The maximum atomic E-state index is 13.2. The molecule has 1 amide bonds. The SMILES string of the molecule is Cc1noc(C(F)F)c1C(=O)Nc1ccc(-c2cc3c(cc2Cl)OC(F)(F)O3)cn1. The van der Waals surface area contributed by atoms with E-state index in [1.54, 1.807) is 0 Å². The van der Waals surface area contributed by atoms with E-state index >= 15 is 0 Å². The predicted molar refractivity (Wildman–Crippen MR) is 95.0 cm³/mol. The molecule has 0 fully saturated rings. The number of aromatic nitrogens is 2. The summed E-state index contributed by atoms with van der Waals surface area (Å²) in [7, 11) is 0. The Labute approximate surface area is 170 Å². The zero-order valence-corrected chi connectivity index (χ0v) is 15.6. The standard InChI is InChI=1S/C18H10ClF4N3O4/c1-7-14(15(16(20)21)30-26-7)17(27)25-13-3-2-8(6-24-13)9-4-11-12(5-10(9)19)29-18(22,23)28-11/h2-6,16H,1H3,(H,24,25,27). The van der Waals surface area contributed by atoms with Crippen LogP contribution in [0.4, 0.5) is 23.4 Å². The van der Waals surface area contributed by atoms with Crippen molar-refractivity contribution in [2.24, 2.45) is 0 Å². The first-order valence-electron chi connectivity index (χ1n) is 8.26. The van der Waals surface area contributed by atoms with Gasteiger partial charge in [-0.3, -0.25) is 4.79 Å². The Bertz CT molecular complexity index is 1140. The molecular formula is C18H10ClF4N3O4. The summed E-state index contributed by atoms with van der Waals surface area (Å²) in [6.45, 7) is 1.35. The van der Waals surface area contributed by atoms with Crippen LogP contribution >= 0.6 is 11.6 Å². The van der Waals surface area contributed by atoms with Crippen LogP contribution in [0.5, 0.6) is 11.5 Å². The molecule has 3 heterocycles. The number of nitrogens with zero attached hydrogens (tertiary/aromatic N) is 2. The second-order valence-corrected chi connectivity index (χ2v) is 6.55. The van der Waals surface area contributed by atoms with Crippen molar-refractivity contribution in [1.82, 2.24) is 10.1 Å². The molecule has 0 bridgehead atoms. The summed E-state index contributed by atoms with van der Waals surface area (Å²) in [6.07, 6.45) is -5.48. The van der Waals surface area contributed by atoms with Crippen LogP contribution in [-0.2, 0) is 0 Å². The van der Waals surface area contributed by atoms with Crippen LogP contribution in [0.25, 0.3) is 11.1 Å². The van der Waals surface area contributed by atoms with Gasteiger partial charge in [-0.1, -0.05) is 16.8 Å². The second kappa shape index (κ2) is 7.17. The van der Waals surface area contributed by atoms with E-state index in [-0.39, 0.29) is 33.6 Å². The van der Waals surface area contributed by atoms with Crippen molar-refractivity contribution in [3.8, 4) is 22.6 Å². The molecule has 1 aliphatic heterocycles. The quantitative estimate of drug-likeness (QED) is 0.557. The number of amides is 1. The summed E-state index contributed by atoms with van der Waals surface area (Å²) < 4.78 is 65.5. The van der Waals surface area contributed by atoms with Crippen molar-refractivity contribution < 1.29 is 36.4 Å². The number of benzene rings is 1. The molecule has 0 spiro atoms. The van der Waals surface area contributed by atoms with Gasteiger partial charge in [-0.2, -0.15) is 0 Å². The molecule has 1 aliphatic rings. The Morgan fingerprint density at radius 2 is 1.90 bits per heavy atom. The molecule has 0 aliphatic carbocycles. The molecule has 0 atom stereocenters. The van der Waals surface area contributed by atoms with E-state index in [4.69, 9.17) is 11.6 Å². The van der Waals surface area contributed by atoms with Crippen LogP contribution in [0.3, 0.4) is 0 Å². The average molecular weight is 444 g/mol. The molecule has 0 saturated heterocycles. The van der Waals surface area contributed by atoms with Crippen LogP contribution in [0.2, 0.25) is 5.02 Å². The second-order valence-electron chi connectivity index (χ2n) is 6.14. The molecule has 4 rings (SSSR count). The number of pyridine rings is 1. The normalized spacial score (nSPS) is 14.2. The van der Waals surface area contributed by atoms with Crippen LogP contribution in [0.15, 0.2) is 35.0 Å². The Morgan fingerprint density at radius 1 is 1.20 bits per heavy atom. The van der Waals surface area contributed by atoms with E-state index in [0.29, 0.717) is 11.1 Å². The van der Waals surface area contributed by atoms with Crippen molar-refractivity contribution in [3.05, 3.63) is 52.5 Å². The maximum absolute atomic E-state index is 13.2. The van der Waals surface area contributed by atoms with E-state index in [9.17, 15) is 22.4 Å². The molecule has 30 heavy (non-hydrogen) atoms. The van der Waals surface area contributed by atoms with E-state index in [1.807, 2.05) is 0 Å². The summed E-state index contributed by atoms with van der Waals surface area (Å²) >= 11 is 6.13. The zero-order chi connectivity index (χ0) is 21.6. The Kier molecular flexibility index (Phi) is 4.77. The van der Waals surface area contributed by atoms with Gasteiger partial charge in [0, 0.05) is 23.4 Å². The highest BCUT2D eigenvalue weighted by Crippen LogP contribution is 2.46. The van der Waals surface area contributed by atoms with E-state index in [2.05, 4.69) is 29.5 Å². The van der Waals surface area contributed by atoms with E-state index in [0.717, 1.165) is 0 Å². The number of alkyl halides is 4. The minimum atomic E-state index is -3.78. The Morgan fingerprint density at radius 3 is 2.53 bits per heavy atom. The minimum absolute atomic E-state index is 0.00311. The number of halogens is 5. The van der Waals surface area contributed by atoms with Crippen LogP contribution in [-0.4, -0.2) is 22.3 Å². The lowest BCUT2D eigenvalue weighted by Gasteiger charge is -2.08. The van der Waals surface area contributed by atoms with Crippen molar-refractivity contribution in [3.63, 3.8) is 0 Å². The fourth-order valence-electron chi connectivity index (χ4n) is 2.81. The highest BCUT2D eigenvalue weighted by molar-refractivity contribution is 6.33. The molecule has 7 nitrogen and oxygen atoms in total. The van der Waals surface area contributed by atoms with Gasteiger partial charge < -0.3 is 19.3 Å². The molecule has 0 unspecified atom stereocenters. The fourth-order valence-corrected chi connectivity index (χ4v) is 3.07. The number of carbonyl (C=O) groups is 1. The number of ether oxygens (including phenoxy) is 2. The summed E-state index contributed by atoms with van der Waals surface area (Å²) in [4.78, 5) is 16.3. The third-order valence-corrected chi connectivity index (χ3v) is 4.43. The molecule has 0 saturated carbocycles. The number of hydrogen-bond acceptors (Lipinski definition) is 6. The van der Waals surface area contributed by atoms with Gasteiger partial charge in [0.2, 0.25) is 5.76 Å². The molecule has 12 heteroatoms. The fraction of sp³-hybridized carbons (Fsp3) is 0.167. The number of rotatable bonds is 4. The molecule has 1 aromatic carbocycles. The third-order valence-electron chi connectivity index (χ3n) is 4.12. The van der Waals surface area contributed by atoms with Crippen LogP contribution in [0.1, 0.15) is 28.2 Å². The van der Waals surface area contributed by atoms with Gasteiger partial charge >= 0.3 is 6.29 Å². The summed E-state index contributed by atoms with van der Waals surface area (Å²) in [5.74, 6) is -2.06. The third kappa shape index (κ3) is 3.63. The predicted octanol–water partition coefficient (Wildman–Crippen LogP) is 5.21. The number of hydrogen-bond donors (Lipinski definition) is 1. The van der Waals surface area contributed by atoms with Crippen molar-refractivity contribution >= 4 is 23.3 Å². The number of fused-ring (bicyclic) bond motifs is 1. The Balaban J connectivity index is 1.56. The molecule has 1 N–H and O–H groups in total. The van der Waals surface area contributed by atoms with E-state index < -0.39 is 24.4 Å². The summed E-state index contributed by atoms with van der Waals surface area (Å²) in [5.41, 5.74) is 0.380. The monoisotopic (exact) mass is 443 g/mol. The van der Waals surface area contributed by atoms with Gasteiger partial charge in [0.05, 0.1) is 10.7 Å². The molecule has 2 aromatic heterocycles. The summed E-state index contributed by atoms with van der Waals surface area (Å²) in [5, 5.41) is 5.85.